The smallest absolute Gasteiger partial charge is 0.408 e. The SMILES string of the molecule is CCCCC(=O)NCCc1ccc2c(c1)oc(=O)n2C. The summed E-state index contributed by atoms with van der Waals surface area (Å²) in [5, 5.41) is 2.89. The molecule has 1 heterocycles. The molecule has 0 unspecified atom stereocenters. The summed E-state index contributed by atoms with van der Waals surface area (Å²) in [6, 6.07) is 5.68. The summed E-state index contributed by atoms with van der Waals surface area (Å²) in [7, 11) is 1.68. The fourth-order valence-corrected chi connectivity index (χ4v) is 2.11. The number of benzene rings is 1. The molecule has 2 aromatic rings. The summed E-state index contributed by atoms with van der Waals surface area (Å²) in [6.45, 7) is 2.67. The van der Waals surface area contributed by atoms with Crippen molar-refractivity contribution in [2.24, 2.45) is 7.05 Å². The number of hydrogen-bond donors (Lipinski definition) is 1. The van der Waals surface area contributed by atoms with Crippen LogP contribution in [0.1, 0.15) is 31.7 Å². The van der Waals surface area contributed by atoms with Gasteiger partial charge < -0.3 is 9.73 Å². The minimum atomic E-state index is -0.356. The Morgan fingerprint density at radius 2 is 2.20 bits per heavy atom. The maximum atomic E-state index is 11.5. The Morgan fingerprint density at radius 3 is 2.95 bits per heavy atom. The Morgan fingerprint density at radius 1 is 1.40 bits per heavy atom. The van der Waals surface area contributed by atoms with Crippen molar-refractivity contribution in [3.8, 4) is 0 Å². The van der Waals surface area contributed by atoms with Crippen LogP contribution in [-0.4, -0.2) is 17.0 Å². The zero-order chi connectivity index (χ0) is 14.5. The monoisotopic (exact) mass is 276 g/mol. The largest absolute Gasteiger partial charge is 0.419 e. The summed E-state index contributed by atoms with van der Waals surface area (Å²) in [5.74, 6) is -0.260. The fourth-order valence-electron chi connectivity index (χ4n) is 2.11. The number of aromatic nitrogens is 1. The third kappa shape index (κ3) is 3.29. The van der Waals surface area contributed by atoms with Crippen LogP contribution in [0.4, 0.5) is 0 Å². The lowest BCUT2D eigenvalue weighted by Gasteiger charge is -2.05. The molecule has 0 atom stereocenters. The van der Waals surface area contributed by atoms with Gasteiger partial charge in [0.05, 0.1) is 5.52 Å². The van der Waals surface area contributed by atoms with Crippen molar-refractivity contribution >= 4 is 17.0 Å². The first-order chi connectivity index (χ1) is 9.61. The molecule has 1 aromatic carbocycles. The average molecular weight is 276 g/mol. The van der Waals surface area contributed by atoms with E-state index >= 15 is 0 Å². The second-order valence-electron chi connectivity index (χ2n) is 4.93. The predicted molar refractivity (Wildman–Crippen MR) is 77.7 cm³/mol. The Balaban J connectivity index is 1.94. The number of carbonyl (C=O) groups is 1. The zero-order valence-electron chi connectivity index (χ0n) is 11.9. The Labute approximate surface area is 117 Å². The minimum Gasteiger partial charge on any atom is -0.408 e. The van der Waals surface area contributed by atoms with Crippen LogP contribution >= 0.6 is 0 Å². The molecule has 1 aromatic heterocycles. The Bertz CT molecular complexity index is 655. The van der Waals surface area contributed by atoms with Gasteiger partial charge in [-0.3, -0.25) is 9.36 Å². The number of hydrogen-bond acceptors (Lipinski definition) is 3. The van der Waals surface area contributed by atoms with E-state index in [1.165, 1.54) is 4.57 Å². The van der Waals surface area contributed by atoms with Gasteiger partial charge in [0.1, 0.15) is 0 Å². The van der Waals surface area contributed by atoms with E-state index in [4.69, 9.17) is 4.42 Å². The number of fused-ring (bicyclic) bond motifs is 1. The van der Waals surface area contributed by atoms with Gasteiger partial charge >= 0.3 is 5.76 Å². The van der Waals surface area contributed by atoms with Crippen molar-refractivity contribution in [1.82, 2.24) is 9.88 Å². The molecule has 1 N–H and O–H groups in total. The minimum absolute atomic E-state index is 0.0965. The number of aryl methyl sites for hydroxylation is 1. The molecule has 0 aliphatic rings. The van der Waals surface area contributed by atoms with Gasteiger partial charge in [0.2, 0.25) is 5.91 Å². The normalized spacial score (nSPS) is 10.9. The second-order valence-corrected chi connectivity index (χ2v) is 4.93. The van der Waals surface area contributed by atoms with Crippen LogP contribution in [-0.2, 0) is 18.3 Å². The molecule has 0 fully saturated rings. The molecule has 2 rings (SSSR count). The highest BCUT2D eigenvalue weighted by atomic mass is 16.4. The lowest BCUT2D eigenvalue weighted by Crippen LogP contribution is -2.25. The number of carbonyl (C=O) groups excluding carboxylic acids is 1. The number of oxazole rings is 1. The molecule has 1 amide bonds. The molecule has 0 spiro atoms. The maximum Gasteiger partial charge on any atom is 0.419 e. The quantitative estimate of drug-likeness (QED) is 0.877. The summed E-state index contributed by atoms with van der Waals surface area (Å²) in [4.78, 5) is 22.9. The Hall–Kier alpha value is -2.04. The van der Waals surface area contributed by atoms with Gasteiger partial charge in [-0.1, -0.05) is 19.4 Å². The van der Waals surface area contributed by atoms with E-state index in [1.807, 2.05) is 18.2 Å². The highest BCUT2D eigenvalue weighted by Crippen LogP contribution is 2.14. The van der Waals surface area contributed by atoms with E-state index in [9.17, 15) is 9.59 Å². The molecule has 0 aliphatic carbocycles. The van der Waals surface area contributed by atoms with Crippen molar-refractivity contribution in [1.29, 1.82) is 0 Å². The van der Waals surface area contributed by atoms with Crippen molar-refractivity contribution < 1.29 is 9.21 Å². The first-order valence-corrected chi connectivity index (χ1v) is 6.97. The van der Waals surface area contributed by atoms with Crippen LogP contribution in [0.3, 0.4) is 0 Å². The van der Waals surface area contributed by atoms with E-state index in [0.29, 0.717) is 18.5 Å². The van der Waals surface area contributed by atoms with Gasteiger partial charge in [-0.05, 0) is 30.5 Å². The highest BCUT2D eigenvalue weighted by Gasteiger charge is 2.06. The van der Waals surface area contributed by atoms with E-state index in [-0.39, 0.29) is 11.7 Å². The summed E-state index contributed by atoms with van der Waals surface area (Å²) in [5.41, 5.74) is 2.42. The predicted octanol–water partition coefficient (Wildman–Crippen LogP) is 1.98. The third-order valence-corrected chi connectivity index (χ3v) is 3.35. The second kappa shape index (κ2) is 6.41. The van der Waals surface area contributed by atoms with Gasteiger partial charge in [-0.25, -0.2) is 4.79 Å². The number of nitrogens with one attached hydrogen (secondary N) is 1. The van der Waals surface area contributed by atoms with Crippen LogP contribution in [0.15, 0.2) is 27.4 Å². The van der Waals surface area contributed by atoms with Crippen LogP contribution < -0.4 is 11.1 Å². The lowest BCUT2D eigenvalue weighted by molar-refractivity contribution is -0.121. The Kier molecular flexibility index (Phi) is 4.61. The number of rotatable bonds is 6. The van der Waals surface area contributed by atoms with Crippen molar-refractivity contribution in [3.63, 3.8) is 0 Å². The average Bonchev–Trinajstić information content (AvgIpc) is 2.71. The van der Waals surface area contributed by atoms with Crippen LogP contribution in [0, 0.1) is 0 Å². The standard InChI is InChI=1S/C15H20N2O3/c1-3-4-5-14(18)16-9-8-11-6-7-12-13(10-11)20-15(19)17(12)2/h6-7,10H,3-5,8-9H2,1-2H3,(H,16,18). The first-order valence-electron chi connectivity index (χ1n) is 6.97. The molecule has 0 aliphatic heterocycles. The molecule has 5 nitrogen and oxygen atoms in total. The van der Waals surface area contributed by atoms with Crippen molar-refractivity contribution in [2.75, 3.05) is 6.54 Å². The third-order valence-electron chi connectivity index (χ3n) is 3.35. The van der Waals surface area contributed by atoms with Gasteiger partial charge in [0, 0.05) is 20.0 Å². The van der Waals surface area contributed by atoms with Crippen LogP contribution in [0.5, 0.6) is 0 Å². The molecular weight excluding hydrogens is 256 g/mol. The molecular formula is C15H20N2O3. The number of amides is 1. The summed E-state index contributed by atoms with van der Waals surface area (Å²) in [6.07, 6.45) is 3.26. The molecule has 0 bridgehead atoms. The van der Waals surface area contributed by atoms with Crippen LogP contribution in [0.2, 0.25) is 0 Å². The summed E-state index contributed by atoms with van der Waals surface area (Å²) < 4.78 is 6.62. The van der Waals surface area contributed by atoms with E-state index in [0.717, 1.165) is 30.3 Å². The van der Waals surface area contributed by atoms with E-state index in [1.54, 1.807) is 7.05 Å². The topological polar surface area (TPSA) is 64.2 Å². The van der Waals surface area contributed by atoms with Crippen LogP contribution in [0.25, 0.3) is 11.1 Å². The molecule has 5 heteroatoms. The first kappa shape index (κ1) is 14.4. The molecule has 0 saturated carbocycles. The van der Waals surface area contributed by atoms with Crippen molar-refractivity contribution in [3.05, 3.63) is 34.3 Å². The molecule has 0 radical (unpaired) electrons. The molecule has 20 heavy (non-hydrogen) atoms. The number of unbranched alkanes of at least 4 members (excludes halogenated alkanes) is 1. The van der Waals surface area contributed by atoms with Gasteiger partial charge in [0.15, 0.2) is 5.58 Å². The molecule has 0 saturated heterocycles. The maximum absolute atomic E-state index is 11.5. The lowest BCUT2D eigenvalue weighted by atomic mass is 10.1. The van der Waals surface area contributed by atoms with E-state index < -0.39 is 0 Å². The number of nitrogens with zero attached hydrogens (tertiary/aromatic N) is 1. The summed E-state index contributed by atoms with van der Waals surface area (Å²) >= 11 is 0. The zero-order valence-corrected chi connectivity index (χ0v) is 11.9. The van der Waals surface area contributed by atoms with Crippen molar-refractivity contribution in [2.45, 2.75) is 32.6 Å². The van der Waals surface area contributed by atoms with Gasteiger partial charge in [-0.15, -0.1) is 0 Å². The fraction of sp³-hybridized carbons (Fsp3) is 0.467. The highest BCUT2D eigenvalue weighted by molar-refractivity contribution is 5.76. The van der Waals surface area contributed by atoms with E-state index in [2.05, 4.69) is 12.2 Å². The van der Waals surface area contributed by atoms with Gasteiger partial charge in [-0.2, -0.15) is 0 Å². The van der Waals surface area contributed by atoms with Gasteiger partial charge in [0.25, 0.3) is 0 Å². The molecule has 108 valence electrons.